The molecule has 0 N–H and O–H groups in total. The number of hydrogen-bond acceptors (Lipinski definition) is 6. The highest BCUT2D eigenvalue weighted by Gasteiger charge is 2.61. The van der Waals surface area contributed by atoms with E-state index in [1.54, 1.807) is 7.11 Å². The van der Waals surface area contributed by atoms with Crippen molar-refractivity contribution in [1.29, 1.82) is 0 Å². The molecule has 0 aliphatic heterocycles. The van der Waals surface area contributed by atoms with Gasteiger partial charge in [0.1, 0.15) is 30.7 Å². The third kappa shape index (κ3) is 9.18. The normalized spacial score (nSPS) is 22.9. The summed E-state index contributed by atoms with van der Waals surface area (Å²) in [6.07, 6.45) is 5.24. The Morgan fingerprint density at radius 1 is 0.593 bits per heavy atom. The van der Waals surface area contributed by atoms with Gasteiger partial charge in [0.15, 0.2) is 0 Å². The van der Waals surface area contributed by atoms with Crippen LogP contribution in [0.5, 0.6) is 0 Å². The van der Waals surface area contributed by atoms with Crippen LogP contribution in [0.2, 0.25) is 5.04 Å². The Kier molecular flexibility index (Phi) is 13.6. The fraction of sp³-hybridized carbons (Fsp3) is 0.346. The molecule has 59 heavy (non-hydrogen) atoms. The Morgan fingerprint density at radius 2 is 1.07 bits per heavy atom. The Hall–Kier alpha value is -4.44. The molecule has 5 atom stereocenters. The Labute approximate surface area is 352 Å². The number of fused-ring (bicyclic) bond motifs is 2. The van der Waals surface area contributed by atoms with E-state index in [-0.39, 0.29) is 17.9 Å². The molecule has 0 heterocycles. The van der Waals surface area contributed by atoms with Crippen molar-refractivity contribution >= 4 is 18.7 Å². The maximum absolute atomic E-state index is 8.04. The second-order valence-corrected chi connectivity index (χ2v) is 21.5. The predicted octanol–water partition coefficient (Wildman–Crippen LogP) is 9.97. The Balaban J connectivity index is 1.44. The first-order valence-electron chi connectivity index (χ1n) is 20.9. The maximum Gasteiger partial charge on any atom is 0.261 e. The van der Waals surface area contributed by atoms with Crippen LogP contribution in [0.15, 0.2) is 175 Å². The highest BCUT2D eigenvalue weighted by Crippen LogP contribution is 2.55. The molecule has 0 unspecified atom stereocenters. The molecule has 308 valence electrons. The van der Waals surface area contributed by atoms with Gasteiger partial charge in [-0.05, 0) is 37.7 Å². The molecule has 2 aliphatic carbocycles. The number of ether oxygens (including phenoxy) is 5. The summed E-state index contributed by atoms with van der Waals surface area (Å²) >= 11 is 0. The van der Waals surface area contributed by atoms with Crippen LogP contribution < -0.4 is 10.4 Å². The molecule has 7 rings (SSSR count). The molecule has 0 radical (unpaired) electrons. The van der Waals surface area contributed by atoms with Crippen molar-refractivity contribution in [3.63, 3.8) is 0 Å². The van der Waals surface area contributed by atoms with Crippen molar-refractivity contribution in [2.75, 3.05) is 13.9 Å². The van der Waals surface area contributed by atoms with Crippen LogP contribution in [0, 0.1) is 5.41 Å². The lowest BCUT2D eigenvalue weighted by atomic mass is 9.58. The predicted molar refractivity (Wildman–Crippen MR) is 239 cm³/mol. The third-order valence-electron chi connectivity index (χ3n) is 12.2. The lowest BCUT2D eigenvalue weighted by molar-refractivity contribution is -0.212. The van der Waals surface area contributed by atoms with Gasteiger partial charge in [0.25, 0.3) is 8.32 Å². The molecule has 7 heteroatoms. The molecule has 0 saturated carbocycles. The van der Waals surface area contributed by atoms with Gasteiger partial charge in [-0.25, -0.2) is 0 Å². The van der Waals surface area contributed by atoms with E-state index in [9.17, 15) is 0 Å². The minimum Gasteiger partial charge on any atom is -0.401 e. The van der Waals surface area contributed by atoms with E-state index in [2.05, 4.69) is 174 Å². The molecule has 0 aromatic heterocycles. The van der Waals surface area contributed by atoms with E-state index < -0.39 is 37.6 Å². The summed E-state index contributed by atoms with van der Waals surface area (Å²) in [6, 6.07) is 52.8. The zero-order chi connectivity index (χ0) is 41.4. The number of hydrogen-bond donors (Lipinski definition) is 0. The minimum atomic E-state index is -3.06. The number of rotatable bonds is 16. The van der Waals surface area contributed by atoms with Crippen molar-refractivity contribution in [2.45, 2.75) is 95.9 Å². The van der Waals surface area contributed by atoms with Crippen molar-refractivity contribution < 1.29 is 28.1 Å². The topological polar surface area (TPSA) is 55.4 Å². The average molecular weight is 809 g/mol. The van der Waals surface area contributed by atoms with E-state index in [4.69, 9.17) is 28.1 Å². The van der Waals surface area contributed by atoms with Crippen LogP contribution >= 0.6 is 0 Å². The lowest BCUT2D eigenvalue weighted by Gasteiger charge is -2.58. The van der Waals surface area contributed by atoms with Gasteiger partial charge in [0.2, 0.25) is 0 Å². The monoisotopic (exact) mass is 808 g/mol. The first-order chi connectivity index (χ1) is 28.6. The molecular formula is C52H60O6Si. The van der Waals surface area contributed by atoms with E-state index in [0.717, 1.165) is 22.3 Å². The molecule has 5 aromatic carbocycles. The van der Waals surface area contributed by atoms with E-state index in [0.29, 0.717) is 26.2 Å². The zero-order valence-electron chi connectivity index (χ0n) is 35.5. The smallest absolute Gasteiger partial charge is 0.261 e. The summed E-state index contributed by atoms with van der Waals surface area (Å²) in [4.78, 5) is 0. The minimum absolute atomic E-state index is 0.0983. The molecule has 6 nitrogen and oxygen atoms in total. The van der Waals surface area contributed by atoms with Crippen LogP contribution in [0.1, 0.15) is 57.7 Å². The summed E-state index contributed by atoms with van der Waals surface area (Å²) in [5.74, 6) is 0. The molecule has 0 saturated heterocycles. The summed E-state index contributed by atoms with van der Waals surface area (Å²) < 4.78 is 41.9. The van der Waals surface area contributed by atoms with Gasteiger partial charge in [-0.1, -0.05) is 205 Å². The first kappa shape index (κ1) is 42.7. The van der Waals surface area contributed by atoms with Gasteiger partial charge < -0.3 is 28.1 Å². The lowest BCUT2D eigenvalue weighted by Crippen LogP contribution is -2.69. The zero-order valence-corrected chi connectivity index (χ0v) is 36.5. The SMILES string of the molecule is COCO[C@@H]1C=C[C@H](OCc2ccccc2)[C@@]2(OCc3ccccc3)C[C@H](O[Si](c3ccccc3)(c3ccccc3)C(C)(C)C)C=C([C@H]1OCc1ccccc1)C2(C)C. The van der Waals surface area contributed by atoms with Crippen LogP contribution in [0.4, 0.5) is 0 Å². The summed E-state index contributed by atoms with van der Waals surface area (Å²) in [6.45, 7) is 12.8. The molecule has 2 bridgehead atoms. The fourth-order valence-corrected chi connectivity index (χ4v) is 13.7. The number of methoxy groups -OCH3 is 1. The highest BCUT2D eigenvalue weighted by atomic mass is 28.4. The Bertz CT molecular complexity index is 2060. The van der Waals surface area contributed by atoms with Gasteiger partial charge in [0.05, 0.1) is 25.9 Å². The first-order valence-corrected chi connectivity index (χ1v) is 22.8. The summed E-state index contributed by atoms with van der Waals surface area (Å²) in [5, 5.41) is 2.19. The molecule has 0 amide bonds. The fourth-order valence-electron chi connectivity index (χ4n) is 9.12. The molecule has 2 aliphatic rings. The van der Waals surface area contributed by atoms with Gasteiger partial charge in [-0.2, -0.15) is 0 Å². The third-order valence-corrected chi connectivity index (χ3v) is 17.3. The van der Waals surface area contributed by atoms with Crippen molar-refractivity contribution in [3.05, 3.63) is 192 Å². The van der Waals surface area contributed by atoms with Crippen molar-refractivity contribution in [3.8, 4) is 0 Å². The highest BCUT2D eigenvalue weighted by molar-refractivity contribution is 6.99. The quantitative estimate of drug-likeness (QED) is 0.0563. The van der Waals surface area contributed by atoms with Gasteiger partial charge in [0, 0.05) is 18.9 Å². The maximum atomic E-state index is 8.04. The van der Waals surface area contributed by atoms with E-state index in [1.807, 2.05) is 30.3 Å². The van der Waals surface area contributed by atoms with Crippen molar-refractivity contribution in [1.82, 2.24) is 0 Å². The molecular weight excluding hydrogens is 749 g/mol. The van der Waals surface area contributed by atoms with Crippen LogP contribution in [0.25, 0.3) is 0 Å². The average Bonchev–Trinajstić information content (AvgIpc) is 3.26. The van der Waals surface area contributed by atoms with Gasteiger partial charge in [-0.3, -0.25) is 0 Å². The summed E-state index contributed by atoms with van der Waals surface area (Å²) in [7, 11) is -1.40. The second-order valence-electron chi connectivity index (χ2n) is 17.3. The number of benzene rings is 5. The molecule has 0 fully saturated rings. The second kappa shape index (κ2) is 18.9. The van der Waals surface area contributed by atoms with Crippen molar-refractivity contribution in [2.24, 2.45) is 5.41 Å². The summed E-state index contributed by atoms with van der Waals surface area (Å²) in [5.41, 5.74) is 2.74. The van der Waals surface area contributed by atoms with E-state index in [1.165, 1.54) is 10.4 Å². The Morgan fingerprint density at radius 3 is 1.56 bits per heavy atom. The van der Waals surface area contributed by atoms with Crippen LogP contribution in [0.3, 0.4) is 0 Å². The standard InChI is InChI=1S/C52H60O6Si/c1-50(2,3)59(44-28-18-10-19-29-44,45-30-20-11-21-31-45)58-43-34-46-49(55-37-41-24-14-8-15-25-41)47(56-39-53-6)32-33-48(54-36-40-22-12-7-13-23-40)52(35-43,51(46,4)5)57-38-42-26-16-9-17-27-42/h7-34,43,47-49H,35-39H2,1-6H3/t43-,47-,48+,49-,52+/m1/s1. The van der Waals surface area contributed by atoms with Gasteiger partial charge in [-0.15, -0.1) is 0 Å². The van der Waals surface area contributed by atoms with Gasteiger partial charge >= 0.3 is 0 Å². The van der Waals surface area contributed by atoms with Crippen LogP contribution in [-0.2, 0) is 47.9 Å². The van der Waals surface area contributed by atoms with Crippen LogP contribution in [-0.4, -0.2) is 52.2 Å². The molecule has 0 spiro atoms. The largest absolute Gasteiger partial charge is 0.401 e. The molecule has 5 aromatic rings. The van der Waals surface area contributed by atoms with E-state index >= 15 is 0 Å².